The summed E-state index contributed by atoms with van der Waals surface area (Å²) in [4.78, 5) is 22.2. The largest absolute Gasteiger partial charge is 0.509 e. The van der Waals surface area contributed by atoms with Gasteiger partial charge in [0.25, 0.3) is 0 Å². The Morgan fingerprint density at radius 3 is 2.41 bits per heavy atom. The smallest absolute Gasteiger partial charge is 0.427 e. The number of rotatable bonds is 6. The Kier molecular flexibility index (Phi) is 5.88. The van der Waals surface area contributed by atoms with Crippen molar-refractivity contribution in [3.63, 3.8) is 0 Å². The molecule has 0 spiro atoms. The van der Waals surface area contributed by atoms with Gasteiger partial charge in [0.1, 0.15) is 6.10 Å². The van der Waals surface area contributed by atoms with Crippen LogP contribution in [0, 0.1) is 6.42 Å². The van der Waals surface area contributed by atoms with Crippen LogP contribution < -0.4 is 5.32 Å². The Hall–Kier alpha value is -1.25. The monoisotopic (exact) mass is 340 g/mol. The number of halogens is 3. The fourth-order valence-corrected chi connectivity index (χ4v) is 3.15. The van der Waals surface area contributed by atoms with E-state index in [4.69, 9.17) is 4.74 Å². The van der Waals surface area contributed by atoms with Crippen molar-refractivity contribution in [2.75, 3.05) is 0 Å². The molecule has 0 aromatic carbocycles. The maximum absolute atomic E-state index is 13.1. The molecule has 9 heteroatoms. The van der Waals surface area contributed by atoms with Crippen molar-refractivity contribution >= 4 is 20.1 Å². The maximum atomic E-state index is 13.1. The van der Waals surface area contributed by atoms with Crippen LogP contribution in [-0.4, -0.2) is 44.6 Å². The van der Waals surface area contributed by atoms with Crippen LogP contribution >= 0.6 is 0 Å². The highest BCUT2D eigenvalue weighted by Gasteiger charge is 2.53. The van der Waals surface area contributed by atoms with E-state index in [2.05, 4.69) is 24.4 Å². The molecule has 22 heavy (non-hydrogen) atoms. The van der Waals surface area contributed by atoms with Crippen molar-refractivity contribution < 1.29 is 32.2 Å². The third kappa shape index (κ3) is 5.86. The van der Waals surface area contributed by atoms with Crippen LogP contribution in [0.3, 0.4) is 0 Å². The van der Waals surface area contributed by atoms with Crippen molar-refractivity contribution in [2.45, 2.75) is 63.5 Å². The third-order valence-electron chi connectivity index (χ3n) is 3.04. The van der Waals surface area contributed by atoms with E-state index in [0.29, 0.717) is 0 Å². The first-order valence-electron chi connectivity index (χ1n) is 6.93. The Labute approximate surface area is 128 Å². The van der Waals surface area contributed by atoms with E-state index in [1.165, 1.54) is 0 Å². The number of alkyl halides is 3. The van der Waals surface area contributed by atoms with Crippen molar-refractivity contribution in [3.8, 4) is 0 Å². The first-order chi connectivity index (χ1) is 9.90. The van der Waals surface area contributed by atoms with Gasteiger partial charge < -0.3 is 14.8 Å². The van der Waals surface area contributed by atoms with Crippen molar-refractivity contribution in [2.24, 2.45) is 0 Å². The number of cyclic esters (lactones) is 2. The number of carbonyl (C=O) groups is 2. The Morgan fingerprint density at radius 2 is 1.95 bits per heavy atom. The highest BCUT2D eigenvalue weighted by atomic mass is 28.3. The first-order valence-corrected chi connectivity index (χ1v) is 10.6. The van der Waals surface area contributed by atoms with Gasteiger partial charge in [-0.3, -0.25) is 4.79 Å². The minimum Gasteiger partial charge on any atom is -0.427 e. The second-order valence-electron chi connectivity index (χ2n) is 6.50. The molecular weight excluding hydrogens is 319 g/mol. The molecule has 5 nitrogen and oxygen atoms in total. The summed E-state index contributed by atoms with van der Waals surface area (Å²) in [7, 11) is -1.39. The average Bonchev–Trinajstić information content (AvgIpc) is 2.63. The number of carbonyl (C=O) groups excluding carboxylic acids is 2. The summed E-state index contributed by atoms with van der Waals surface area (Å²) < 4.78 is 48.7. The molecule has 1 heterocycles. The van der Waals surface area contributed by atoms with E-state index in [9.17, 15) is 22.8 Å². The fraction of sp³-hybridized carbons (Fsp3) is 0.769. The molecule has 0 bridgehead atoms. The lowest BCUT2D eigenvalue weighted by Gasteiger charge is -2.27. The number of ether oxygens (including phenoxy) is 2. The third-order valence-corrected chi connectivity index (χ3v) is 4.56. The molecule has 127 valence electrons. The number of nitrogens with one attached hydrogen (secondary N) is 1. The van der Waals surface area contributed by atoms with Gasteiger partial charge in [-0.25, -0.2) is 4.79 Å². The van der Waals surface area contributed by atoms with E-state index in [1.54, 1.807) is 5.32 Å². The van der Waals surface area contributed by atoms with E-state index in [0.717, 1.165) is 13.0 Å². The molecule has 2 unspecified atom stereocenters. The van der Waals surface area contributed by atoms with E-state index < -0.39 is 44.6 Å². The zero-order valence-corrected chi connectivity index (χ0v) is 14.0. The van der Waals surface area contributed by atoms with E-state index in [-0.39, 0.29) is 6.42 Å². The number of amides is 1. The molecule has 1 N–H and O–H groups in total. The molecule has 1 fully saturated rings. The van der Waals surface area contributed by atoms with Gasteiger partial charge >= 0.3 is 12.3 Å². The van der Waals surface area contributed by atoms with Gasteiger partial charge in [-0.05, 0) is 12.8 Å². The Morgan fingerprint density at radius 1 is 1.36 bits per heavy atom. The quantitative estimate of drug-likeness (QED) is 0.596. The molecule has 1 amide bonds. The Bertz CT molecular complexity index is 422. The molecule has 0 aliphatic carbocycles. The van der Waals surface area contributed by atoms with Gasteiger partial charge in [-0.15, -0.1) is 0 Å². The first kappa shape index (κ1) is 18.8. The number of hydrogen-bond donors (Lipinski definition) is 1. The molecule has 3 atom stereocenters. The molecule has 1 aliphatic rings. The lowest BCUT2D eigenvalue weighted by molar-refractivity contribution is -0.180. The average molecular weight is 340 g/mol. The summed E-state index contributed by atoms with van der Waals surface area (Å²) in [6.07, 6.45) is -6.52. The van der Waals surface area contributed by atoms with Crippen LogP contribution in [0.25, 0.3) is 0 Å². The van der Waals surface area contributed by atoms with Crippen molar-refractivity contribution in [1.82, 2.24) is 5.32 Å². The van der Waals surface area contributed by atoms with E-state index in [1.807, 2.05) is 6.42 Å². The molecule has 1 radical (unpaired) electrons. The van der Waals surface area contributed by atoms with Gasteiger partial charge in [-0.1, -0.05) is 25.7 Å². The summed E-state index contributed by atoms with van der Waals surface area (Å²) in [5, 5.41) is 1.79. The van der Waals surface area contributed by atoms with Gasteiger partial charge in [0.05, 0.1) is 0 Å². The summed E-state index contributed by atoms with van der Waals surface area (Å²) in [5.74, 6) is -0.852. The van der Waals surface area contributed by atoms with Crippen LogP contribution in [-0.2, 0) is 14.3 Å². The summed E-state index contributed by atoms with van der Waals surface area (Å²) in [6, 6.07) is -1.49. The van der Waals surface area contributed by atoms with Crippen molar-refractivity contribution in [1.29, 1.82) is 0 Å². The summed E-state index contributed by atoms with van der Waals surface area (Å²) >= 11 is 0. The molecule has 1 rings (SSSR count). The predicted molar refractivity (Wildman–Crippen MR) is 75.9 cm³/mol. The second kappa shape index (κ2) is 6.89. The molecule has 0 saturated carbocycles. The SMILES string of the molecule is CC(=O)NC([C@@H]1OC(=O)OC1C[CH]C[Si](C)(C)C)C(F)(F)F. The number of hydrogen-bond acceptors (Lipinski definition) is 4. The maximum Gasteiger partial charge on any atom is 0.509 e. The van der Waals surface area contributed by atoms with Gasteiger partial charge in [-0.2, -0.15) is 13.2 Å². The fourth-order valence-electron chi connectivity index (χ4n) is 2.12. The van der Waals surface area contributed by atoms with Gasteiger partial charge in [0.2, 0.25) is 5.91 Å². The summed E-state index contributed by atoms with van der Waals surface area (Å²) in [6.45, 7) is 7.33. The van der Waals surface area contributed by atoms with Crippen molar-refractivity contribution in [3.05, 3.63) is 6.42 Å². The van der Waals surface area contributed by atoms with Crippen LogP contribution in [0.2, 0.25) is 25.7 Å². The minimum atomic E-state index is -4.73. The highest BCUT2D eigenvalue weighted by molar-refractivity contribution is 6.76. The van der Waals surface area contributed by atoms with E-state index >= 15 is 0 Å². The lowest BCUT2D eigenvalue weighted by atomic mass is 10.0. The standard InChI is InChI=1S/C13H21F3NO4Si/c1-8(18)17-11(13(14,15)16)10-9(20-12(19)21-10)6-5-7-22(2,3)4/h5,9-11H,6-7H2,1-4H3,(H,17,18)/t9?,10-,11?/m1/s1. The minimum absolute atomic E-state index is 0.160. The van der Waals surface area contributed by atoms with Crippen LogP contribution in [0.1, 0.15) is 13.3 Å². The molecule has 0 aromatic rings. The molecule has 0 aromatic heterocycles. The highest BCUT2D eigenvalue weighted by Crippen LogP contribution is 2.32. The van der Waals surface area contributed by atoms with Crippen LogP contribution in [0.5, 0.6) is 0 Å². The van der Waals surface area contributed by atoms with Crippen LogP contribution in [0.4, 0.5) is 18.0 Å². The molecule has 1 aliphatic heterocycles. The zero-order valence-electron chi connectivity index (χ0n) is 13.0. The molecular formula is C13H21F3NO4Si. The summed E-state index contributed by atoms with van der Waals surface area (Å²) in [5.41, 5.74) is 0. The Balaban J connectivity index is 2.78. The topological polar surface area (TPSA) is 64.6 Å². The predicted octanol–water partition coefficient (Wildman–Crippen LogP) is 2.89. The second-order valence-corrected chi connectivity index (χ2v) is 12.0. The lowest BCUT2D eigenvalue weighted by Crippen LogP contribution is -2.55. The van der Waals surface area contributed by atoms with Gasteiger partial charge in [0.15, 0.2) is 12.1 Å². The normalized spacial score (nSPS) is 23.7. The zero-order chi connectivity index (χ0) is 17.1. The molecule has 1 saturated heterocycles. The van der Waals surface area contributed by atoms with Gasteiger partial charge in [0, 0.05) is 15.0 Å². The van der Waals surface area contributed by atoms with Crippen LogP contribution in [0.15, 0.2) is 0 Å².